The van der Waals surface area contributed by atoms with Crippen molar-refractivity contribution in [3.05, 3.63) is 60.2 Å². The molecule has 0 aliphatic rings. The number of nitrogens with two attached hydrogens (primary N) is 2. The van der Waals surface area contributed by atoms with Crippen molar-refractivity contribution in [2.75, 3.05) is 32.8 Å². The van der Waals surface area contributed by atoms with Crippen LogP contribution in [0.4, 0.5) is 0 Å². The van der Waals surface area contributed by atoms with E-state index in [-0.39, 0.29) is 17.3 Å². The number of hydrogen-bond acceptors (Lipinski definition) is 5. The van der Waals surface area contributed by atoms with Gasteiger partial charge in [0.05, 0.1) is 4.90 Å². The molecule has 8 heteroatoms. The van der Waals surface area contributed by atoms with Crippen LogP contribution in [0.5, 0.6) is 5.75 Å². The zero-order chi connectivity index (χ0) is 18.1. The Labute approximate surface area is 161 Å². The molecule has 2 aromatic carbocycles. The van der Waals surface area contributed by atoms with Crippen LogP contribution in [0, 0.1) is 0 Å². The summed E-state index contributed by atoms with van der Waals surface area (Å²) in [6.07, 6.45) is 0.962. The van der Waals surface area contributed by atoms with Crippen LogP contribution in [0.15, 0.2) is 59.5 Å². The number of sulfonamides is 1. The van der Waals surface area contributed by atoms with Crippen LogP contribution in [-0.2, 0) is 16.4 Å². The SMILES string of the molecule is Cl.NCCN(CCOc1ccc(S(N)(=O)=O)cc1)CCc1ccccc1. The van der Waals surface area contributed by atoms with E-state index in [1.54, 1.807) is 12.1 Å². The van der Waals surface area contributed by atoms with Gasteiger partial charge in [0.2, 0.25) is 10.0 Å². The minimum absolute atomic E-state index is 0. The van der Waals surface area contributed by atoms with Gasteiger partial charge in [0.25, 0.3) is 0 Å². The molecule has 0 aliphatic carbocycles. The molecule has 4 N–H and O–H groups in total. The first-order chi connectivity index (χ1) is 12.0. The van der Waals surface area contributed by atoms with Crippen molar-refractivity contribution in [3.63, 3.8) is 0 Å². The lowest BCUT2D eigenvalue weighted by Gasteiger charge is -2.21. The zero-order valence-corrected chi connectivity index (χ0v) is 16.2. The van der Waals surface area contributed by atoms with E-state index < -0.39 is 10.0 Å². The van der Waals surface area contributed by atoms with E-state index in [1.807, 2.05) is 18.2 Å². The lowest BCUT2D eigenvalue weighted by Crippen LogP contribution is -2.34. The van der Waals surface area contributed by atoms with Crippen molar-refractivity contribution >= 4 is 22.4 Å². The van der Waals surface area contributed by atoms with Gasteiger partial charge in [0.15, 0.2) is 0 Å². The van der Waals surface area contributed by atoms with Gasteiger partial charge in [-0.15, -0.1) is 12.4 Å². The Morgan fingerprint density at radius 2 is 1.58 bits per heavy atom. The summed E-state index contributed by atoms with van der Waals surface area (Å²) in [7, 11) is -3.67. The third-order valence-electron chi connectivity index (χ3n) is 3.83. The number of halogens is 1. The second-order valence-corrected chi connectivity index (χ2v) is 7.29. The predicted octanol–water partition coefficient (Wildman–Crippen LogP) is 1.64. The van der Waals surface area contributed by atoms with Crippen LogP contribution < -0.4 is 15.6 Å². The lowest BCUT2D eigenvalue weighted by atomic mass is 10.1. The highest BCUT2D eigenvalue weighted by atomic mass is 35.5. The molecule has 0 fully saturated rings. The van der Waals surface area contributed by atoms with E-state index in [9.17, 15) is 8.42 Å². The molecule has 0 saturated carbocycles. The van der Waals surface area contributed by atoms with E-state index in [0.29, 0.717) is 18.9 Å². The molecule has 2 aromatic rings. The summed E-state index contributed by atoms with van der Waals surface area (Å²) in [5.41, 5.74) is 6.98. The second kappa shape index (κ2) is 11.2. The predicted molar refractivity (Wildman–Crippen MR) is 106 cm³/mol. The van der Waals surface area contributed by atoms with Crippen molar-refractivity contribution in [2.45, 2.75) is 11.3 Å². The van der Waals surface area contributed by atoms with Crippen molar-refractivity contribution < 1.29 is 13.2 Å². The summed E-state index contributed by atoms with van der Waals surface area (Å²) in [4.78, 5) is 2.33. The van der Waals surface area contributed by atoms with Gasteiger partial charge in [-0.3, -0.25) is 4.90 Å². The normalized spacial score (nSPS) is 11.2. The molecular weight excluding hydrogens is 374 g/mol. The molecule has 0 radical (unpaired) electrons. The van der Waals surface area contributed by atoms with Gasteiger partial charge < -0.3 is 10.5 Å². The smallest absolute Gasteiger partial charge is 0.238 e. The standard InChI is InChI=1S/C18H25N3O3S.ClH/c19-11-13-21(12-10-16-4-2-1-3-5-16)14-15-24-17-6-8-18(9-7-17)25(20,22)23;/h1-9H,10-15,19H2,(H2,20,22,23);1H. The average Bonchev–Trinajstić information content (AvgIpc) is 2.60. The summed E-state index contributed by atoms with van der Waals surface area (Å²) >= 11 is 0. The highest BCUT2D eigenvalue weighted by Crippen LogP contribution is 2.14. The van der Waals surface area contributed by atoms with Crippen molar-refractivity contribution in [2.24, 2.45) is 10.9 Å². The van der Waals surface area contributed by atoms with Crippen LogP contribution >= 0.6 is 12.4 Å². The van der Waals surface area contributed by atoms with Crippen molar-refractivity contribution in [1.82, 2.24) is 4.90 Å². The van der Waals surface area contributed by atoms with Crippen molar-refractivity contribution in [1.29, 1.82) is 0 Å². The quantitative estimate of drug-likeness (QED) is 0.632. The van der Waals surface area contributed by atoms with Crippen LogP contribution in [-0.4, -0.2) is 46.1 Å². The molecule has 6 nitrogen and oxygen atoms in total. The van der Waals surface area contributed by atoms with Gasteiger partial charge in [-0.1, -0.05) is 30.3 Å². The number of ether oxygens (including phenoxy) is 1. The van der Waals surface area contributed by atoms with E-state index in [0.717, 1.165) is 26.1 Å². The zero-order valence-electron chi connectivity index (χ0n) is 14.6. The van der Waals surface area contributed by atoms with Gasteiger partial charge in [-0.25, -0.2) is 13.6 Å². The van der Waals surface area contributed by atoms with E-state index in [2.05, 4.69) is 17.0 Å². The largest absolute Gasteiger partial charge is 0.492 e. The van der Waals surface area contributed by atoms with E-state index >= 15 is 0 Å². The number of hydrogen-bond donors (Lipinski definition) is 2. The van der Waals surface area contributed by atoms with Crippen molar-refractivity contribution in [3.8, 4) is 5.75 Å². The van der Waals surface area contributed by atoms with Gasteiger partial charge in [-0.2, -0.15) is 0 Å². The lowest BCUT2D eigenvalue weighted by molar-refractivity contribution is 0.214. The van der Waals surface area contributed by atoms with Crippen LogP contribution in [0.3, 0.4) is 0 Å². The van der Waals surface area contributed by atoms with Gasteiger partial charge in [0.1, 0.15) is 12.4 Å². The molecule has 2 rings (SSSR count). The molecule has 0 amide bonds. The Kier molecular flexibility index (Phi) is 9.61. The summed E-state index contributed by atoms with van der Waals surface area (Å²) in [6.45, 7) is 3.57. The number of rotatable bonds is 10. The molecule has 0 bridgehead atoms. The van der Waals surface area contributed by atoms with Crippen LogP contribution in [0.25, 0.3) is 0 Å². The first-order valence-electron chi connectivity index (χ1n) is 8.21. The summed E-state index contributed by atoms with van der Waals surface area (Å²) in [6, 6.07) is 16.4. The third kappa shape index (κ3) is 7.72. The summed E-state index contributed by atoms with van der Waals surface area (Å²) < 4.78 is 28.1. The Balaban J connectivity index is 0.00000338. The molecule has 0 aromatic heterocycles. The maximum absolute atomic E-state index is 11.2. The molecule has 0 saturated heterocycles. The van der Waals surface area contributed by atoms with Gasteiger partial charge in [-0.05, 0) is 36.2 Å². The third-order valence-corrected chi connectivity index (χ3v) is 4.76. The Bertz CT molecular complexity index is 740. The molecule has 0 aliphatic heterocycles. The van der Waals surface area contributed by atoms with E-state index in [1.165, 1.54) is 17.7 Å². The topological polar surface area (TPSA) is 98.6 Å². The highest BCUT2D eigenvalue weighted by Gasteiger charge is 2.08. The van der Waals surface area contributed by atoms with E-state index in [4.69, 9.17) is 15.6 Å². The van der Waals surface area contributed by atoms with Crippen LogP contribution in [0.1, 0.15) is 5.56 Å². The second-order valence-electron chi connectivity index (χ2n) is 5.73. The van der Waals surface area contributed by atoms with Gasteiger partial charge in [0, 0.05) is 26.2 Å². The Hall–Kier alpha value is -1.64. The fourth-order valence-corrected chi connectivity index (χ4v) is 2.98. The number of benzene rings is 2. The molecule has 0 unspecified atom stereocenters. The first-order valence-corrected chi connectivity index (χ1v) is 9.75. The molecular formula is C18H26ClN3O3S. The summed E-state index contributed by atoms with van der Waals surface area (Å²) in [5, 5.41) is 5.07. The molecule has 0 spiro atoms. The maximum Gasteiger partial charge on any atom is 0.238 e. The fourth-order valence-electron chi connectivity index (χ4n) is 2.47. The maximum atomic E-state index is 11.2. The minimum Gasteiger partial charge on any atom is -0.492 e. The minimum atomic E-state index is -3.67. The molecule has 0 heterocycles. The number of primary sulfonamides is 1. The van der Waals surface area contributed by atoms with Crippen LogP contribution in [0.2, 0.25) is 0 Å². The molecule has 144 valence electrons. The number of nitrogens with zero attached hydrogens (tertiary/aromatic N) is 1. The highest BCUT2D eigenvalue weighted by molar-refractivity contribution is 7.89. The average molecular weight is 400 g/mol. The first kappa shape index (κ1) is 22.4. The molecule has 26 heavy (non-hydrogen) atoms. The fraction of sp³-hybridized carbons (Fsp3) is 0.333. The monoisotopic (exact) mass is 399 g/mol. The van der Waals surface area contributed by atoms with Gasteiger partial charge >= 0.3 is 0 Å². The Morgan fingerprint density at radius 1 is 0.923 bits per heavy atom. The molecule has 0 atom stereocenters. The summed E-state index contributed by atoms with van der Waals surface area (Å²) in [5.74, 6) is 0.614. The Morgan fingerprint density at radius 3 is 2.15 bits per heavy atom.